The van der Waals surface area contributed by atoms with Crippen molar-refractivity contribution in [3.63, 3.8) is 0 Å². The number of nitrogens with zero attached hydrogens (tertiary/aromatic N) is 1. The molecule has 1 aliphatic heterocycles. The van der Waals surface area contributed by atoms with E-state index >= 15 is 0 Å². The molecule has 1 aromatic rings. The highest BCUT2D eigenvalue weighted by molar-refractivity contribution is 7.10. The van der Waals surface area contributed by atoms with Crippen LogP contribution in [-0.4, -0.2) is 13.2 Å². The van der Waals surface area contributed by atoms with E-state index < -0.39 is 0 Å². The number of ether oxygens (including phenoxy) is 1. The fraction of sp³-hybridized carbons (Fsp3) is 0.444. The van der Waals surface area contributed by atoms with Gasteiger partial charge < -0.3 is 4.74 Å². The summed E-state index contributed by atoms with van der Waals surface area (Å²) in [5.41, 5.74) is 0.892. The van der Waals surface area contributed by atoms with E-state index in [1.807, 2.05) is 12.3 Å². The first-order chi connectivity index (χ1) is 5.78. The quantitative estimate of drug-likeness (QED) is 0.659. The lowest BCUT2D eigenvalue weighted by molar-refractivity contribution is -0.0283. The highest BCUT2D eigenvalue weighted by Gasteiger charge is 2.42. The van der Waals surface area contributed by atoms with Crippen LogP contribution >= 0.6 is 11.3 Å². The Labute approximate surface area is 75.4 Å². The van der Waals surface area contributed by atoms with Crippen molar-refractivity contribution in [2.24, 2.45) is 0 Å². The van der Waals surface area contributed by atoms with Gasteiger partial charge in [-0.2, -0.15) is 5.26 Å². The molecule has 1 saturated heterocycles. The van der Waals surface area contributed by atoms with Gasteiger partial charge in [0.05, 0.1) is 19.3 Å². The lowest BCUT2D eigenvalue weighted by Crippen LogP contribution is -2.45. The number of hydrogen-bond donors (Lipinski definition) is 0. The molecule has 2 nitrogen and oxygen atoms in total. The molecule has 62 valence electrons. The Bertz CT molecular complexity index is 333. The zero-order valence-electron chi connectivity index (χ0n) is 6.83. The Balaban J connectivity index is 2.42. The van der Waals surface area contributed by atoms with Gasteiger partial charge in [-0.25, -0.2) is 0 Å². The summed E-state index contributed by atoms with van der Waals surface area (Å²) in [6, 6.07) is 4.40. The molecular weight excluding hydrogens is 170 g/mol. The van der Waals surface area contributed by atoms with Crippen molar-refractivity contribution in [3.05, 3.63) is 21.9 Å². The van der Waals surface area contributed by atoms with Crippen LogP contribution in [0.3, 0.4) is 0 Å². The van der Waals surface area contributed by atoms with Crippen molar-refractivity contribution in [2.75, 3.05) is 13.2 Å². The maximum atomic E-state index is 9.01. The van der Waals surface area contributed by atoms with Crippen LogP contribution in [0.15, 0.2) is 11.4 Å². The average molecular weight is 179 g/mol. The third-order valence-electron chi connectivity index (χ3n) is 2.21. The topological polar surface area (TPSA) is 33.0 Å². The molecule has 0 spiro atoms. The lowest BCUT2D eigenvalue weighted by atomic mass is 9.84. The average Bonchev–Trinajstić information content (AvgIpc) is 2.36. The van der Waals surface area contributed by atoms with E-state index in [4.69, 9.17) is 10.00 Å². The van der Waals surface area contributed by atoms with Crippen molar-refractivity contribution >= 4 is 11.3 Å². The van der Waals surface area contributed by atoms with Crippen molar-refractivity contribution in [3.8, 4) is 6.07 Å². The van der Waals surface area contributed by atoms with Crippen molar-refractivity contribution in [1.82, 2.24) is 0 Å². The summed E-state index contributed by atoms with van der Waals surface area (Å²) in [5, 5.41) is 11.0. The Morgan fingerprint density at radius 1 is 1.67 bits per heavy atom. The van der Waals surface area contributed by atoms with Crippen LogP contribution in [0.4, 0.5) is 0 Å². The van der Waals surface area contributed by atoms with E-state index in [0.29, 0.717) is 13.2 Å². The van der Waals surface area contributed by atoms with E-state index in [-0.39, 0.29) is 5.41 Å². The highest BCUT2D eigenvalue weighted by atomic mass is 32.1. The molecule has 12 heavy (non-hydrogen) atoms. The smallest absolute Gasteiger partial charge is 0.138 e. The lowest BCUT2D eigenvalue weighted by Gasteiger charge is -2.34. The molecule has 0 amide bonds. The molecule has 0 aliphatic carbocycles. The molecule has 2 rings (SSSR count). The summed E-state index contributed by atoms with van der Waals surface area (Å²) in [6.07, 6.45) is 0. The monoisotopic (exact) mass is 179 g/mol. The van der Waals surface area contributed by atoms with E-state index in [0.717, 1.165) is 0 Å². The van der Waals surface area contributed by atoms with Crippen LogP contribution in [0.2, 0.25) is 0 Å². The first kappa shape index (κ1) is 7.78. The molecule has 0 radical (unpaired) electrons. The van der Waals surface area contributed by atoms with Gasteiger partial charge in [-0.05, 0) is 23.9 Å². The summed E-state index contributed by atoms with van der Waals surface area (Å²) in [6.45, 7) is 3.17. The first-order valence-corrected chi connectivity index (χ1v) is 4.70. The number of nitriles is 1. The zero-order chi connectivity index (χ0) is 8.60. The maximum Gasteiger partial charge on any atom is 0.138 e. The van der Waals surface area contributed by atoms with Gasteiger partial charge >= 0.3 is 0 Å². The minimum absolute atomic E-state index is 0.321. The number of thiophene rings is 1. The van der Waals surface area contributed by atoms with E-state index in [9.17, 15) is 0 Å². The Morgan fingerprint density at radius 2 is 2.42 bits per heavy atom. The van der Waals surface area contributed by atoms with Crippen LogP contribution in [-0.2, 0) is 10.2 Å². The predicted molar refractivity (Wildman–Crippen MR) is 47.2 cm³/mol. The Hall–Kier alpha value is -0.850. The number of aryl methyl sites for hydroxylation is 1. The van der Waals surface area contributed by atoms with Gasteiger partial charge in [0, 0.05) is 4.88 Å². The summed E-state index contributed by atoms with van der Waals surface area (Å²) < 4.78 is 5.09. The van der Waals surface area contributed by atoms with Crippen LogP contribution in [0.5, 0.6) is 0 Å². The van der Waals surface area contributed by atoms with Crippen LogP contribution < -0.4 is 0 Å². The number of rotatable bonds is 1. The Morgan fingerprint density at radius 3 is 2.75 bits per heavy atom. The van der Waals surface area contributed by atoms with Crippen molar-refractivity contribution in [2.45, 2.75) is 12.3 Å². The largest absolute Gasteiger partial charge is 0.377 e. The summed E-state index contributed by atoms with van der Waals surface area (Å²) in [4.78, 5) is 1.18. The molecule has 0 atom stereocenters. The molecule has 0 aromatic carbocycles. The molecule has 1 fully saturated rings. The first-order valence-electron chi connectivity index (χ1n) is 3.82. The van der Waals surface area contributed by atoms with Crippen molar-refractivity contribution < 1.29 is 4.74 Å². The van der Waals surface area contributed by atoms with Gasteiger partial charge in [0.15, 0.2) is 0 Å². The van der Waals surface area contributed by atoms with Crippen molar-refractivity contribution in [1.29, 1.82) is 5.26 Å². The van der Waals surface area contributed by atoms with Gasteiger partial charge in [-0.3, -0.25) is 0 Å². The summed E-state index contributed by atoms with van der Waals surface area (Å²) in [5.74, 6) is 0. The molecule has 3 heteroatoms. The predicted octanol–water partition coefficient (Wildman–Crippen LogP) is 1.85. The third kappa shape index (κ3) is 0.889. The van der Waals surface area contributed by atoms with Gasteiger partial charge in [0.25, 0.3) is 0 Å². The van der Waals surface area contributed by atoms with Gasteiger partial charge in [-0.15, -0.1) is 11.3 Å². The molecule has 0 unspecified atom stereocenters. The molecular formula is C9H9NOS. The second kappa shape index (κ2) is 2.58. The Kier molecular flexibility index (Phi) is 1.67. The standard InChI is InChI=1S/C9H9NOS/c1-7-2-3-12-8(7)9(4-10)5-11-6-9/h2-3H,5-6H2,1H3. The minimum Gasteiger partial charge on any atom is -0.377 e. The molecule has 1 aliphatic rings. The van der Waals surface area contributed by atoms with E-state index in [1.54, 1.807) is 11.3 Å². The van der Waals surface area contributed by atoms with E-state index in [2.05, 4.69) is 12.1 Å². The normalized spacial score (nSPS) is 19.7. The SMILES string of the molecule is Cc1ccsc1C1(C#N)COC1. The van der Waals surface area contributed by atoms with Gasteiger partial charge in [-0.1, -0.05) is 0 Å². The molecule has 0 N–H and O–H groups in total. The molecule has 0 bridgehead atoms. The fourth-order valence-electron chi connectivity index (χ4n) is 1.42. The third-order valence-corrected chi connectivity index (χ3v) is 3.43. The van der Waals surface area contributed by atoms with Crippen LogP contribution in [0.1, 0.15) is 10.4 Å². The highest BCUT2D eigenvalue weighted by Crippen LogP contribution is 2.36. The second-order valence-corrected chi connectivity index (χ2v) is 4.04. The molecule has 0 saturated carbocycles. The maximum absolute atomic E-state index is 9.01. The second-order valence-electron chi connectivity index (χ2n) is 3.12. The molecule has 2 heterocycles. The minimum atomic E-state index is -0.321. The van der Waals surface area contributed by atoms with Gasteiger partial charge in [0.1, 0.15) is 5.41 Å². The van der Waals surface area contributed by atoms with E-state index in [1.165, 1.54) is 10.4 Å². The fourth-order valence-corrected chi connectivity index (χ4v) is 2.47. The summed E-state index contributed by atoms with van der Waals surface area (Å²) >= 11 is 1.65. The number of hydrogen-bond acceptors (Lipinski definition) is 3. The van der Waals surface area contributed by atoms with Gasteiger partial charge in [0.2, 0.25) is 0 Å². The summed E-state index contributed by atoms with van der Waals surface area (Å²) in [7, 11) is 0. The van der Waals surface area contributed by atoms with Crippen LogP contribution in [0, 0.1) is 18.3 Å². The zero-order valence-corrected chi connectivity index (χ0v) is 7.65. The molecule has 1 aromatic heterocycles. The van der Waals surface area contributed by atoms with Crippen LogP contribution in [0.25, 0.3) is 0 Å².